The van der Waals surface area contributed by atoms with Crippen LogP contribution in [0.25, 0.3) is 10.9 Å². The number of carbonyl (C=O) groups is 1. The Morgan fingerprint density at radius 1 is 1.18 bits per heavy atom. The van der Waals surface area contributed by atoms with E-state index in [-0.39, 0.29) is 5.56 Å². The van der Waals surface area contributed by atoms with Crippen LogP contribution in [-0.2, 0) is 6.54 Å². The third-order valence-corrected chi connectivity index (χ3v) is 3.74. The van der Waals surface area contributed by atoms with Gasteiger partial charge in [0.15, 0.2) is 0 Å². The monoisotopic (exact) mass is 295 g/mol. The Bertz CT molecular complexity index is 906. The largest absolute Gasteiger partial charge is 0.343 e. The van der Waals surface area contributed by atoms with Gasteiger partial charge in [0.25, 0.3) is 5.56 Å². The van der Waals surface area contributed by atoms with E-state index >= 15 is 0 Å². The fourth-order valence-electron chi connectivity index (χ4n) is 2.43. The number of amides is 1. The number of aromatic nitrogens is 2. The van der Waals surface area contributed by atoms with Crippen LogP contribution < -0.4 is 10.9 Å². The van der Waals surface area contributed by atoms with Crippen molar-refractivity contribution in [3.63, 3.8) is 0 Å². The van der Waals surface area contributed by atoms with Crippen molar-refractivity contribution in [2.75, 3.05) is 0 Å². The first-order chi connectivity index (χ1) is 10.6. The zero-order chi connectivity index (χ0) is 15.7. The molecular weight excluding hydrogens is 278 g/mol. The molecule has 0 aliphatic heterocycles. The summed E-state index contributed by atoms with van der Waals surface area (Å²) in [5, 5.41) is 6.12. The molecule has 0 fully saturated rings. The number of nitrogens with one attached hydrogen (secondary N) is 2. The van der Waals surface area contributed by atoms with Crippen LogP contribution in [0, 0.1) is 13.8 Å². The van der Waals surface area contributed by atoms with Crippen LogP contribution in [0.2, 0.25) is 0 Å². The van der Waals surface area contributed by atoms with Gasteiger partial charge in [-0.05, 0) is 42.7 Å². The summed E-state index contributed by atoms with van der Waals surface area (Å²) in [5.41, 5.74) is 3.48. The smallest absolute Gasteiger partial charge is 0.332 e. The van der Waals surface area contributed by atoms with Crippen molar-refractivity contribution in [1.82, 2.24) is 15.1 Å². The molecule has 1 aromatic heterocycles. The second kappa shape index (κ2) is 5.52. The number of carbonyl (C=O) groups excluding carboxylic acids is 1. The van der Waals surface area contributed by atoms with Crippen molar-refractivity contribution in [2.45, 2.75) is 20.4 Å². The van der Waals surface area contributed by atoms with E-state index in [0.717, 1.165) is 21.4 Å². The number of aromatic amines is 1. The normalized spacial score (nSPS) is 10.8. The molecule has 0 radical (unpaired) electrons. The lowest BCUT2D eigenvalue weighted by Crippen LogP contribution is -2.35. The molecule has 0 unspecified atom stereocenters. The Hall–Kier alpha value is -2.82. The van der Waals surface area contributed by atoms with E-state index in [0.29, 0.717) is 17.4 Å². The van der Waals surface area contributed by atoms with Crippen molar-refractivity contribution >= 4 is 16.9 Å². The van der Waals surface area contributed by atoms with Gasteiger partial charge in [-0.2, -0.15) is 4.68 Å². The minimum absolute atomic E-state index is 0.336. The van der Waals surface area contributed by atoms with Crippen LogP contribution in [0.3, 0.4) is 0 Å². The molecule has 3 aromatic rings. The molecule has 5 heteroatoms. The molecule has 22 heavy (non-hydrogen) atoms. The summed E-state index contributed by atoms with van der Waals surface area (Å²) in [6, 6.07) is 12.8. The highest BCUT2D eigenvalue weighted by Crippen LogP contribution is 2.10. The first-order valence-corrected chi connectivity index (χ1v) is 7.10. The van der Waals surface area contributed by atoms with Gasteiger partial charge in [-0.25, -0.2) is 4.79 Å². The average molecular weight is 295 g/mol. The lowest BCUT2D eigenvalue weighted by molar-refractivity contribution is 0.238. The summed E-state index contributed by atoms with van der Waals surface area (Å²) in [6.07, 6.45) is 0. The van der Waals surface area contributed by atoms with Crippen LogP contribution in [0.1, 0.15) is 16.7 Å². The van der Waals surface area contributed by atoms with Gasteiger partial charge in [-0.15, -0.1) is 0 Å². The lowest BCUT2D eigenvalue weighted by atomic mass is 10.1. The maximum Gasteiger partial charge on any atom is 0.343 e. The molecule has 1 heterocycles. The van der Waals surface area contributed by atoms with Crippen molar-refractivity contribution in [3.8, 4) is 0 Å². The predicted octanol–water partition coefficient (Wildman–Crippen LogP) is 2.70. The predicted molar refractivity (Wildman–Crippen MR) is 86.1 cm³/mol. The number of fused-ring (bicyclic) bond motifs is 1. The molecule has 0 bridgehead atoms. The van der Waals surface area contributed by atoms with Crippen LogP contribution in [-0.4, -0.2) is 15.8 Å². The lowest BCUT2D eigenvalue weighted by Gasteiger charge is -2.07. The Morgan fingerprint density at radius 3 is 2.73 bits per heavy atom. The van der Waals surface area contributed by atoms with Crippen molar-refractivity contribution in [2.24, 2.45) is 0 Å². The van der Waals surface area contributed by atoms with Gasteiger partial charge in [-0.3, -0.25) is 9.89 Å². The minimum atomic E-state index is -0.456. The summed E-state index contributed by atoms with van der Waals surface area (Å²) in [4.78, 5) is 24.5. The number of rotatable bonds is 2. The molecule has 2 aromatic carbocycles. The molecule has 0 aliphatic rings. The van der Waals surface area contributed by atoms with Gasteiger partial charge >= 0.3 is 6.03 Å². The number of H-pyrrole nitrogens is 1. The Balaban J connectivity index is 1.85. The molecule has 112 valence electrons. The van der Waals surface area contributed by atoms with E-state index in [2.05, 4.69) is 10.4 Å². The van der Waals surface area contributed by atoms with E-state index < -0.39 is 6.03 Å². The van der Waals surface area contributed by atoms with Crippen LogP contribution in [0.15, 0.2) is 47.3 Å². The third-order valence-electron chi connectivity index (χ3n) is 3.74. The quantitative estimate of drug-likeness (QED) is 0.763. The average Bonchev–Trinajstić information content (AvgIpc) is 2.82. The standard InChI is InChI=1S/C17H17N3O2/c1-11-7-8-14-15(9-11)19-20(16(14)21)17(22)18-10-13-6-4-3-5-12(13)2/h3-9,19H,10H2,1-2H3,(H,18,22). The van der Waals surface area contributed by atoms with E-state index in [1.807, 2.05) is 50.2 Å². The highest BCUT2D eigenvalue weighted by molar-refractivity contribution is 5.84. The zero-order valence-corrected chi connectivity index (χ0v) is 12.5. The SMILES string of the molecule is Cc1ccc2c(=O)n(C(=O)NCc3ccccc3C)[nH]c2c1. The summed E-state index contributed by atoms with van der Waals surface area (Å²) in [6.45, 7) is 4.30. The van der Waals surface area contributed by atoms with Crippen molar-refractivity contribution in [1.29, 1.82) is 0 Å². The molecule has 0 spiro atoms. The van der Waals surface area contributed by atoms with Gasteiger partial charge in [-0.1, -0.05) is 30.3 Å². The maximum atomic E-state index is 12.2. The van der Waals surface area contributed by atoms with E-state index in [9.17, 15) is 9.59 Å². The number of hydrogen-bond acceptors (Lipinski definition) is 2. The van der Waals surface area contributed by atoms with Gasteiger partial charge in [0.05, 0.1) is 10.9 Å². The summed E-state index contributed by atoms with van der Waals surface area (Å²) >= 11 is 0. The van der Waals surface area contributed by atoms with E-state index in [1.165, 1.54) is 0 Å². The molecule has 3 rings (SSSR count). The summed E-state index contributed by atoms with van der Waals surface area (Å²) < 4.78 is 1.02. The summed E-state index contributed by atoms with van der Waals surface area (Å²) in [7, 11) is 0. The molecule has 2 N–H and O–H groups in total. The van der Waals surface area contributed by atoms with Crippen LogP contribution >= 0.6 is 0 Å². The van der Waals surface area contributed by atoms with Gasteiger partial charge in [0.2, 0.25) is 0 Å². The van der Waals surface area contributed by atoms with Gasteiger partial charge in [0, 0.05) is 6.54 Å². The Labute approximate surface area is 127 Å². The van der Waals surface area contributed by atoms with Crippen LogP contribution in [0.4, 0.5) is 4.79 Å². The second-order valence-electron chi connectivity index (χ2n) is 5.39. The van der Waals surface area contributed by atoms with Gasteiger partial charge < -0.3 is 5.32 Å². The minimum Gasteiger partial charge on any atom is -0.332 e. The molecule has 0 saturated heterocycles. The maximum absolute atomic E-state index is 12.2. The topological polar surface area (TPSA) is 66.9 Å². The first kappa shape index (κ1) is 14.1. The third kappa shape index (κ3) is 2.53. The molecular formula is C17H17N3O2. The van der Waals surface area contributed by atoms with Crippen molar-refractivity contribution in [3.05, 3.63) is 69.5 Å². The van der Waals surface area contributed by atoms with Crippen LogP contribution in [0.5, 0.6) is 0 Å². The number of nitrogens with zero attached hydrogens (tertiary/aromatic N) is 1. The molecule has 5 nitrogen and oxygen atoms in total. The highest BCUT2D eigenvalue weighted by Gasteiger charge is 2.12. The number of hydrogen-bond donors (Lipinski definition) is 2. The second-order valence-corrected chi connectivity index (χ2v) is 5.39. The fourth-order valence-corrected chi connectivity index (χ4v) is 2.43. The number of benzene rings is 2. The number of aryl methyl sites for hydroxylation is 2. The Morgan fingerprint density at radius 2 is 1.95 bits per heavy atom. The van der Waals surface area contributed by atoms with E-state index in [1.54, 1.807) is 6.07 Å². The first-order valence-electron chi connectivity index (χ1n) is 7.10. The zero-order valence-electron chi connectivity index (χ0n) is 12.5. The van der Waals surface area contributed by atoms with Crippen molar-refractivity contribution < 1.29 is 4.79 Å². The Kier molecular flexibility index (Phi) is 3.55. The molecule has 0 aliphatic carbocycles. The molecule has 0 saturated carbocycles. The fraction of sp³-hybridized carbons (Fsp3) is 0.176. The van der Waals surface area contributed by atoms with Gasteiger partial charge in [0.1, 0.15) is 0 Å². The molecule has 0 atom stereocenters. The molecule has 1 amide bonds. The highest BCUT2D eigenvalue weighted by atomic mass is 16.2. The summed E-state index contributed by atoms with van der Waals surface area (Å²) in [5.74, 6) is 0. The van der Waals surface area contributed by atoms with E-state index in [4.69, 9.17) is 0 Å².